The number of esters is 1. The van der Waals surface area contributed by atoms with E-state index < -0.39 is 17.3 Å². The molecule has 0 aliphatic heterocycles. The van der Waals surface area contributed by atoms with Gasteiger partial charge in [-0.2, -0.15) is 5.10 Å². The van der Waals surface area contributed by atoms with Crippen molar-refractivity contribution in [3.63, 3.8) is 0 Å². The number of carbonyl (C=O) groups is 1. The van der Waals surface area contributed by atoms with Crippen molar-refractivity contribution in [2.75, 3.05) is 0 Å². The number of hydrogen-bond acceptors (Lipinski definition) is 4. The predicted molar refractivity (Wildman–Crippen MR) is 56.8 cm³/mol. The monoisotopic (exact) mass is 224 g/mol. The van der Waals surface area contributed by atoms with E-state index >= 15 is 0 Å². The third-order valence-corrected chi connectivity index (χ3v) is 2.34. The highest BCUT2D eigenvalue weighted by atomic mass is 16.6. The Balaban J connectivity index is 2.10. The molecule has 5 heteroatoms. The molecule has 1 aliphatic rings. The Morgan fingerprint density at radius 1 is 1.56 bits per heavy atom. The van der Waals surface area contributed by atoms with Gasteiger partial charge in [-0.15, -0.1) is 0 Å². The molecule has 16 heavy (non-hydrogen) atoms. The normalized spacial score (nSPS) is 18.2. The largest absolute Gasteiger partial charge is 0.456 e. The minimum atomic E-state index is -0.875. The highest BCUT2D eigenvalue weighted by molar-refractivity contribution is 5.89. The Labute approximate surface area is 94.0 Å². The fourth-order valence-corrected chi connectivity index (χ4v) is 1.33. The summed E-state index contributed by atoms with van der Waals surface area (Å²) in [5.41, 5.74) is -1.02. The maximum atomic E-state index is 11.7. The first kappa shape index (κ1) is 11.1. The van der Waals surface area contributed by atoms with E-state index in [4.69, 9.17) is 4.74 Å². The minimum Gasteiger partial charge on any atom is -0.456 e. The summed E-state index contributed by atoms with van der Waals surface area (Å²) in [7, 11) is 0. The second-order valence-electron chi connectivity index (χ2n) is 5.16. The van der Waals surface area contributed by atoms with Gasteiger partial charge in [0.1, 0.15) is 5.60 Å². The van der Waals surface area contributed by atoms with Crippen molar-refractivity contribution in [1.29, 1.82) is 0 Å². The lowest BCUT2D eigenvalue weighted by Crippen LogP contribution is -2.23. The minimum absolute atomic E-state index is 0.371. The summed E-state index contributed by atoms with van der Waals surface area (Å²) in [6, 6.07) is 0. The molecular formula is C11H16N2O3. The first-order chi connectivity index (χ1) is 7.30. The summed E-state index contributed by atoms with van der Waals surface area (Å²) in [5.74, 6) is -0.414. The molecule has 0 bridgehead atoms. The first-order valence-corrected chi connectivity index (χ1v) is 5.31. The molecule has 0 saturated heterocycles. The van der Waals surface area contributed by atoms with Gasteiger partial charge in [-0.05, 0) is 20.8 Å². The van der Waals surface area contributed by atoms with Gasteiger partial charge in [-0.1, -0.05) is 0 Å². The number of ether oxygens (including phenoxy) is 1. The quantitative estimate of drug-likeness (QED) is 0.768. The van der Waals surface area contributed by atoms with Crippen LogP contribution in [0.2, 0.25) is 0 Å². The van der Waals surface area contributed by atoms with E-state index in [-0.39, 0.29) is 0 Å². The van der Waals surface area contributed by atoms with Crippen LogP contribution in [-0.2, 0) is 10.5 Å². The van der Waals surface area contributed by atoms with Crippen molar-refractivity contribution >= 4 is 5.97 Å². The van der Waals surface area contributed by atoms with E-state index in [1.165, 1.54) is 17.1 Å². The van der Waals surface area contributed by atoms with Gasteiger partial charge in [0.25, 0.3) is 0 Å². The fourth-order valence-electron chi connectivity index (χ4n) is 1.33. The summed E-state index contributed by atoms with van der Waals surface area (Å²) >= 11 is 0. The molecule has 1 aliphatic carbocycles. The standard InChI is InChI=1S/C11H16N2O3/c1-10(2,3)16-9(14)8-6-12-13(7-8)11(15)4-5-11/h6-7,15H,4-5H2,1-3H3. The average Bonchev–Trinajstić information content (AvgIpc) is 2.71. The molecule has 1 saturated carbocycles. The van der Waals surface area contributed by atoms with Crippen LogP contribution in [0.15, 0.2) is 12.4 Å². The molecule has 1 fully saturated rings. The lowest BCUT2D eigenvalue weighted by Gasteiger charge is -2.18. The lowest BCUT2D eigenvalue weighted by atomic mass is 10.2. The molecule has 88 valence electrons. The molecule has 1 heterocycles. The van der Waals surface area contributed by atoms with Gasteiger partial charge in [0, 0.05) is 19.0 Å². The maximum absolute atomic E-state index is 11.7. The second-order valence-corrected chi connectivity index (χ2v) is 5.16. The van der Waals surface area contributed by atoms with Gasteiger partial charge >= 0.3 is 5.97 Å². The molecule has 0 atom stereocenters. The number of carbonyl (C=O) groups excluding carboxylic acids is 1. The molecule has 0 aromatic carbocycles. The topological polar surface area (TPSA) is 64.3 Å². The van der Waals surface area contributed by atoms with Crippen LogP contribution in [0.25, 0.3) is 0 Å². The number of rotatable bonds is 2. The molecule has 0 amide bonds. The number of nitrogens with zero attached hydrogens (tertiary/aromatic N) is 2. The Hall–Kier alpha value is -1.36. The van der Waals surface area contributed by atoms with Crippen molar-refractivity contribution in [1.82, 2.24) is 9.78 Å². The van der Waals surface area contributed by atoms with Gasteiger partial charge in [-0.25, -0.2) is 9.48 Å². The van der Waals surface area contributed by atoms with Gasteiger partial charge in [-0.3, -0.25) is 0 Å². The Bertz CT molecular complexity index is 413. The molecule has 0 radical (unpaired) electrons. The van der Waals surface area contributed by atoms with Crippen molar-refractivity contribution in [2.24, 2.45) is 0 Å². The molecule has 2 rings (SSSR count). The van der Waals surface area contributed by atoms with Crippen LogP contribution in [0.1, 0.15) is 44.0 Å². The molecule has 1 N–H and O–H groups in total. The zero-order valence-corrected chi connectivity index (χ0v) is 9.73. The predicted octanol–water partition coefficient (Wildman–Crippen LogP) is 1.28. The Morgan fingerprint density at radius 3 is 2.69 bits per heavy atom. The summed E-state index contributed by atoms with van der Waals surface area (Å²) in [5, 5.41) is 13.7. The number of aliphatic hydroxyl groups is 1. The van der Waals surface area contributed by atoms with Crippen LogP contribution in [-0.4, -0.2) is 26.5 Å². The van der Waals surface area contributed by atoms with Gasteiger partial charge < -0.3 is 9.84 Å². The molecule has 5 nitrogen and oxygen atoms in total. The third kappa shape index (κ3) is 2.24. The highest BCUT2D eigenvalue weighted by Gasteiger charge is 2.43. The second kappa shape index (κ2) is 3.31. The number of hydrogen-bond donors (Lipinski definition) is 1. The molecule has 1 aromatic rings. The lowest BCUT2D eigenvalue weighted by molar-refractivity contribution is 0.00688. The highest BCUT2D eigenvalue weighted by Crippen LogP contribution is 2.39. The fraction of sp³-hybridized carbons (Fsp3) is 0.636. The van der Waals surface area contributed by atoms with Crippen molar-refractivity contribution in [3.05, 3.63) is 18.0 Å². The van der Waals surface area contributed by atoms with Crippen LogP contribution < -0.4 is 0 Å². The average molecular weight is 224 g/mol. The zero-order chi connectivity index (χ0) is 12.0. The SMILES string of the molecule is CC(C)(C)OC(=O)c1cnn(C2(O)CC2)c1. The van der Waals surface area contributed by atoms with E-state index in [0.717, 1.165) is 0 Å². The van der Waals surface area contributed by atoms with Gasteiger partial charge in [0.2, 0.25) is 0 Å². The summed E-state index contributed by atoms with van der Waals surface area (Å²) in [6.07, 6.45) is 4.32. The Morgan fingerprint density at radius 2 is 2.19 bits per heavy atom. The summed E-state index contributed by atoms with van der Waals surface area (Å²) < 4.78 is 6.62. The first-order valence-electron chi connectivity index (χ1n) is 5.31. The third-order valence-electron chi connectivity index (χ3n) is 2.34. The van der Waals surface area contributed by atoms with Crippen molar-refractivity contribution in [2.45, 2.75) is 44.9 Å². The van der Waals surface area contributed by atoms with Crippen LogP contribution in [0.4, 0.5) is 0 Å². The maximum Gasteiger partial charge on any atom is 0.341 e. The Kier molecular flexibility index (Phi) is 2.31. The van der Waals surface area contributed by atoms with E-state index in [2.05, 4.69) is 5.10 Å². The summed E-state index contributed by atoms with van der Waals surface area (Å²) in [6.45, 7) is 5.43. The molecule has 1 aromatic heterocycles. The summed E-state index contributed by atoms with van der Waals surface area (Å²) in [4.78, 5) is 11.7. The molecule has 0 unspecified atom stereocenters. The van der Waals surface area contributed by atoms with E-state index in [9.17, 15) is 9.90 Å². The van der Waals surface area contributed by atoms with Crippen molar-refractivity contribution < 1.29 is 14.6 Å². The smallest absolute Gasteiger partial charge is 0.341 e. The van der Waals surface area contributed by atoms with Gasteiger partial charge in [0.15, 0.2) is 5.72 Å². The van der Waals surface area contributed by atoms with Crippen LogP contribution in [0, 0.1) is 0 Å². The van der Waals surface area contributed by atoms with E-state index in [1.807, 2.05) is 20.8 Å². The van der Waals surface area contributed by atoms with Crippen LogP contribution >= 0.6 is 0 Å². The van der Waals surface area contributed by atoms with Crippen molar-refractivity contribution in [3.8, 4) is 0 Å². The van der Waals surface area contributed by atoms with Gasteiger partial charge in [0.05, 0.1) is 11.8 Å². The molecular weight excluding hydrogens is 208 g/mol. The van der Waals surface area contributed by atoms with E-state index in [0.29, 0.717) is 18.4 Å². The van der Waals surface area contributed by atoms with Crippen LogP contribution in [0.3, 0.4) is 0 Å². The van der Waals surface area contributed by atoms with Crippen LogP contribution in [0.5, 0.6) is 0 Å². The van der Waals surface area contributed by atoms with E-state index in [1.54, 1.807) is 0 Å². The zero-order valence-electron chi connectivity index (χ0n) is 9.73. The molecule has 0 spiro atoms. The number of aromatic nitrogens is 2.